The molecule has 0 spiro atoms. The Labute approximate surface area is 77.6 Å². The van der Waals surface area contributed by atoms with E-state index in [2.05, 4.69) is 22.6 Å². The minimum atomic E-state index is 0.300. The summed E-state index contributed by atoms with van der Waals surface area (Å²) in [6.07, 6.45) is 0. The molecule has 1 aliphatic heterocycles. The average Bonchev–Trinajstić information content (AvgIpc) is 2.34. The third-order valence-corrected chi connectivity index (χ3v) is 2.25. The summed E-state index contributed by atoms with van der Waals surface area (Å²) >= 11 is 2.17. The quantitative estimate of drug-likeness (QED) is 0.571. The number of rotatable bonds is 0. The lowest BCUT2D eigenvalue weighted by Gasteiger charge is -1.99. The average molecular weight is 263 g/mol. The summed E-state index contributed by atoms with van der Waals surface area (Å²) in [6.45, 7) is 0.300. The SMILES string of the molecule is Nc1cc(I)c2c(c1)OCO2. The third kappa shape index (κ3) is 1.11. The molecule has 4 heteroatoms. The molecule has 2 N–H and O–H groups in total. The lowest BCUT2D eigenvalue weighted by atomic mass is 10.3. The Kier molecular flexibility index (Phi) is 1.56. The van der Waals surface area contributed by atoms with E-state index in [0.717, 1.165) is 15.1 Å². The maximum absolute atomic E-state index is 5.59. The molecule has 1 aliphatic rings. The van der Waals surface area contributed by atoms with Gasteiger partial charge in [-0.2, -0.15) is 0 Å². The van der Waals surface area contributed by atoms with Crippen LogP contribution in [-0.4, -0.2) is 6.79 Å². The normalized spacial score (nSPS) is 13.5. The first-order valence-electron chi connectivity index (χ1n) is 3.12. The fourth-order valence-corrected chi connectivity index (χ4v) is 1.77. The Balaban J connectivity index is 2.60. The highest BCUT2D eigenvalue weighted by molar-refractivity contribution is 14.1. The molecular weight excluding hydrogens is 257 g/mol. The second-order valence-corrected chi connectivity index (χ2v) is 3.40. The first-order valence-corrected chi connectivity index (χ1v) is 4.20. The number of hydrogen-bond acceptors (Lipinski definition) is 3. The zero-order valence-corrected chi connectivity index (χ0v) is 7.79. The van der Waals surface area contributed by atoms with Crippen molar-refractivity contribution in [3.8, 4) is 11.5 Å². The summed E-state index contributed by atoms with van der Waals surface area (Å²) < 4.78 is 11.3. The molecule has 11 heavy (non-hydrogen) atoms. The van der Waals surface area contributed by atoms with E-state index in [-0.39, 0.29) is 0 Å². The summed E-state index contributed by atoms with van der Waals surface area (Å²) in [5.74, 6) is 1.55. The number of anilines is 1. The van der Waals surface area contributed by atoms with Crippen LogP contribution in [0.15, 0.2) is 12.1 Å². The van der Waals surface area contributed by atoms with Gasteiger partial charge in [-0.05, 0) is 28.7 Å². The van der Waals surface area contributed by atoms with Gasteiger partial charge in [-0.15, -0.1) is 0 Å². The number of fused-ring (bicyclic) bond motifs is 1. The lowest BCUT2D eigenvalue weighted by molar-refractivity contribution is 0.173. The molecule has 0 radical (unpaired) electrons. The summed E-state index contributed by atoms with van der Waals surface area (Å²) in [4.78, 5) is 0. The van der Waals surface area contributed by atoms with E-state index >= 15 is 0 Å². The van der Waals surface area contributed by atoms with E-state index in [1.165, 1.54) is 0 Å². The van der Waals surface area contributed by atoms with Gasteiger partial charge < -0.3 is 15.2 Å². The predicted octanol–water partition coefficient (Wildman–Crippen LogP) is 1.60. The smallest absolute Gasteiger partial charge is 0.231 e. The molecule has 0 fully saturated rings. The van der Waals surface area contributed by atoms with Crippen molar-refractivity contribution in [1.29, 1.82) is 0 Å². The van der Waals surface area contributed by atoms with Crippen LogP contribution in [0.25, 0.3) is 0 Å². The van der Waals surface area contributed by atoms with E-state index in [1.807, 2.05) is 6.07 Å². The van der Waals surface area contributed by atoms with Crippen molar-refractivity contribution in [3.05, 3.63) is 15.7 Å². The van der Waals surface area contributed by atoms with Crippen molar-refractivity contribution in [2.45, 2.75) is 0 Å². The highest BCUT2D eigenvalue weighted by Crippen LogP contribution is 2.38. The van der Waals surface area contributed by atoms with Crippen LogP contribution in [0.4, 0.5) is 5.69 Å². The van der Waals surface area contributed by atoms with Gasteiger partial charge in [0.2, 0.25) is 6.79 Å². The second kappa shape index (κ2) is 2.44. The van der Waals surface area contributed by atoms with E-state index in [1.54, 1.807) is 6.07 Å². The van der Waals surface area contributed by atoms with E-state index in [0.29, 0.717) is 12.5 Å². The molecule has 0 aromatic heterocycles. The molecule has 1 heterocycles. The van der Waals surface area contributed by atoms with Gasteiger partial charge in [0.15, 0.2) is 11.5 Å². The van der Waals surface area contributed by atoms with Gasteiger partial charge in [0.25, 0.3) is 0 Å². The van der Waals surface area contributed by atoms with E-state index in [9.17, 15) is 0 Å². The molecule has 1 aromatic carbocycles. The third-order valence-electron chi connectivity index (χ3n) is 1.45. The Morgan fingerprint density at radius 3 is 3.00 bits per heavy atom. The Morgan fingerprint density at radius 2 is 2.18 bits per heavy atom. The van der Waals surface area contributed by atoms with Gasteiger partial charge in [-0.1, -0.05) is 0 Å². The number of hydrogen-bond donors (Lipinski definition) is 1. The minimum absolute atomic E-state index is 0.300. The van der Waals surface area contributed by atoms with Crippen molar-refractivity contribution in [2.24, 2.45) is 0 Å². The molecule has 0 atom stereocenters. The molecule has 0 aliphatic carbocycles. The van der Waals surface area contributed by atoms with Gasteiger partial charge in [0.05, 0.1) is 3.57 Å². The topological polar surface area (TPSA) is 44.5 Å². The highest BCUT2D eigenvalue weighted by Gasteiger charge is 2.16. The number of halogens is 1. The maximum Gasteiger partial charge on any atom is 0.231 e. The molecule has 0 amide bonds. The Hall–Kier alpha value is -0.650. The van der Waals surface area contributed by atoms with Gasteiger partial charge >= 0.3 is 0 Å². The molecule has 0 bridgehead atoms. The van der Waals surface area contributed by atoms with Crippen LogP contribution in [0, 0.1) is 3.57 Å². The molecule has 1 aromatic rings. The number of ether oxygens (including phenoxy) is 2. The van der Waals surface area contributed by atoms with Crippen LogP contribution in [0.3, 0.4) is 0 Å². The summed E-state index contributed by atoms with van der Waals surface area (Å²) in [6, 6.07) is 3.62. The van der Waals surface area contributed by atoms with Gasteiger partial charge in [0.1, 0.15) is 0 Å². The fraction of sp³-hybridized carbons (Fsp3) is 0.143. The standard InChI is InChI=1S/C7H6INO2/c8-5-1-4(9)2-6-7(5)11-3-10-6/h1-2H,3,9H2. The predicted molar refractivity (Wildman–Crippen MR) is 49.7 cm³/mol. The molecular formula is C7H6INO2. The van der Waals surface area contributed by atoms with E-state index in [4.69, 9.17) is 15.2 Å². The maximum atomic E-state index is 5.59. The Morgan fingerprint density at radius 1 is 1.36 bits per heavy atom. The molecule has 0 saturated carbocycles. The van der Waals surface area contributed by atoms with E-state index < -0.39 is 0 Å². The summed E-state index contributed by atoms with van der Waals surface area (Å²) in [7, 11) is 0. The first-order chi connectivity index (χ1) is 5.27. The van der Waals surface area contributed by atoms with Crippen LogP contribution < -0.4 is 15.2 Å². The van der Waals surface area contributed by atoms with Crippen LogP contribution in [-0.2, 0) is 0 Å². The molecule has 58 valence electrons. The largest absolute Gasteiger partial charge is 0.453 e. The van der Waals surface area contributed by atoms with Crippen molar-refractivity contribution in [2.75, 3.05) is 12.5 Å². The molecule has 0 saturated heterocycles. The zero-order chi connectivity index (χ0) is 7.84. The van der Waals surface area contributed by atoms with Crippen molar-refractivity contribution in [1.82, 2.24) is 0 Å². The minimum Gasteiger partial charge on any atom is -0.453 e. The molecule has 2 rings (SSSR count). The number of benzene rings is 1. The molecule has 3 nitrogen and oxygen atoms in total. The van der Waals surface area contributed by atoms with Crippen molar-refractivity contribution >= 4 is 28.3 Å². The first kappa shape index (κ1) is 7.02. The molecule has 0 unspecified atom stereocenters. The lowest BCUT2D eigenvalue weighted by Crippen LogP contribution is -1.93. The monoisotopic (exact) mass is 263 g/mol. The van der Waals surface area contributed by atoms with Crippen molar-refractivity contribution < 1.29 is 9.47 Å². The number of nitrogen functional groups attached to an aromatic ring is 1. The Bertz CT molecular complexity index is 301. The summed E-state index contributed by atoms with van der Waals surface area (Å²) in [5.41, 5.74) is 6.30. The second-order valence-electron chi connectivity index (χ2n) is 2.24. The van der Waals surface area contributed by atoms with Gasteiger partial charge in [-0.25, -0.2) is 0 Å². The number of nitrogens with two attached hydrogens (primary N) is 1. The fourth-order valence-electron chi connectivity index (χ4n) is 0.987. The van der Waals surface area contributed by atoms with Gasteiger partial charge in [0, 0.05) is 11.8 Å². The van der Waals surface area contributed by atoms with Crippen LogP contribution in [0.1, 0.15) is 0 Å². The highest BCUT2D eigenvalue weighted by atomic mass is 127. The van der Waals surface area contributed by atoms with Gasteiger partial charge in [-0.3, -0.25) is 0 Å². The summed E-state index contributed by atoms with van der Waals surface area (Å²) in [5, 5.41) is 0. The zero-order valence-electron chi connectivity index (χ0n) is 5.63. The van der Waals surface area contributed by atoms with Crippen LogP contribution >= 0.6 is 22.6 Å². The van der Waals surface area contributed by atoms with Crippen LogP contribution in [0.2, 0.25) is 0 Å². The van der Waals surface area contributed by atoms with Crippen LogP contribution in [0.5, 0.6) is 11.5 Å². The van der Waals surface area contributed by atoms with Crippen molar-refractivity contribution in [3.63, 3.8) is 0 Å².